The molecule has 5 aromatic rings. The van der Waals surface area contributed by atoms with E-state index in [4.69, 9.17) is 4.42 Å². The summed E-state index contributed by atoms with van der Waals surface area (Å²) >= 11 is 0. The number of aromatic carboxylic acids is 1. The standard InChI is InChI=1S/C29H20N2O6/c1-31(28(34)22-13-19(29(35)36)7-8-20(22)16-32)21-10-11-25(33)23(15-21)27-30-24-14-18(9-12-26(24)37-27)17-5-3-2-4-6-17/h2-16,33H,1H3,(H,35,36). The van der Waals surface area contributed by atoms with Crippen molar-refractivity contribution < 1.29 is 29.0 Å². The number of aromatic nitrogens is 1. The summed E-state index contributed by atoms with van der Waals surface area (Å²) in [7, 11) is 1.48. The highest BCUT2D eigenvalue weighted by Crippen LogP contribution is 2.35. The van der Waals surface area contributed by atoms with Crippen molar-refractivity contribution in [3.63, 3.8) is 0 Å². The van der Waals surface area contributed by atoms with Crippen LogP contribution in [-0.4, -0.2) is 40.4 Å². The summed E-state index contributed by atoms with van der Waals surface area (Å²) in [5, 5.41) is 19.8. The van der Waals surface area contributed by atoms with Gasteiger partial charge in [0.15, 0.2) is 11.9 Å². The lowest BCUT2D eigenvalue weighted by molar-refractivity contribution is 0.0696. The molecule has 4 aromatic carbocycles. The lowest BCUT2D eigenvalue weighted by atomic mass is 10.0. The minimum atomic E-state index is -1.22. The van der Waals surface area contributed by atoms with Gasteiger partial charge in [-0.3, -0.25) is 9.59 Å². The fraction of sp³-hybridized carbons (Fsp3) is 0.0345. The van der Waals surface area contributed by atoms with Crippen LogP contribution in [0.25, 0.3) is 33.7 Å². The van der Waals surface area contributed by atoms with Gasteiger partial charge in [0.05, 0.1) is 16.7 Å². The number of nitrogens with zero attached hydrogens (tertiary/aromatic N) is 2. The summed E-state index contributed by atoms with van der Waals surface area (Å²) < 4.78 is 5.90. The van der Waals surface area contributed by atoms with E-state index in [0.29, 0.717) is 23.1 Å². The largest absolute Gasteiger partial charge is 0.507 e. The molecule has 0 spiro atoms. The van der Waals surface area contributed by atoms with E-state index in [1.54, 1.807) is 6.07 Å². The lowest BCUT2D eigenvalue weighted by Crippen LogP contribution is -2.27. The van der Waals surface area contributed by atoms with Crippen LogP contribution in [0.3, 0.4) is 0 Å². The van der Waals surface area contributed by atoms with Crippen molar-refractivity contribution in [3.05, 3.63) is 102 Å². The molecule has 0 saturated heterocycles. The third-order valence-electron chi connectivity index (χ3n) is 6.05. The van der Waals surface area contributed by atoms with Gasteiger partial charge in [0.1, 0.15) is 11.3 Å². The second kappa shape index (κ2) is 9.43. The van der Waals surface area contributed by atoms with Crippen LogP contribution in [0.4, 0.5) is 5.69 Å². The van der Waals surface area contributed by atoms with Gasteiger partial charge in [-0.25, -0.2) is 9.78 Å². The number of benzene rings is 4. The van der Waals surface area contributed by atoms with Crippen molar-refractivity contribution in [3.8, 4) is 28.3 Å². The number of fused-ring (bicyclic) bond motifs is 1. The molecular weight excluding hydrogens is 472 g/mol. The van der Waals surface area contributed by atoms with Crippen LogP contribution >= 0.6 is 0 Å². The number of carboxylic acid groups (broad SMARTS) is 1. The lowest BCUT2D eigenvalue weighted by Gasteiger charge is -2.19. The Balaban J connectivity index is 1.51. The van der Waals surface area contributed by atoms with Crippen molar-refractivity contribution in [2.24, 2.45) is 0 Å². The average Bonchev–Trinajstić information content (AvgIpc) is 3.35. The number of hydrogen-bond donors (Lipinski definition) is 2. The third-order valence-corrected chi connectivity index (χ3v) is 6.05. The molecular formula is C29H20N2O6. The van der Waals surface area contributed by atoms with E-state index in [0.717, 1.165) is 17.2 Å². The van der Waals surface area contributed by atoms with Crippen LogP contribution in [0, 0.1) is 0 Å². The molecule has 0 aliphatic rings. The van der Waals surface area contributed by atoms with Crippen LogP contribution in [0.2, 0.25) is 0 Å². The molecule has 0 saturated carbocycles. The van der Waals surface area contributed by atoms with Crippen LogP contribution in [0.15, 0.2) is 89.3 Å². The molecule has 37 heavy (non-hydrogen) atoms. The van der Waals surface area contributed by atoms with Crippen LogP contribution < -0.4 is 4.90 Å². The third kappa shape index (κ3) is 4.43. The zero-order valence-corrected chi connectivity index (χ0v) is 19.6. The molecule has 8 heteroatoms. The van der Waals surface area contributed by atoms with Crippen LogP contribution in [0.5, 0.6) is 5.75 Å². The van der Waals surface area contributed by atoms with Crippen LogP contribution in [-0.2, 0) is 0 Å². The van der Waals surface area contributed by atoms with Gasteiger partial charge in [0.2, 0.25) is 5.89 Å². The first-order chi connectivity index (χ1) is 17.9. The average molecular weight is 492 g/mol. The van der Waals surface area contributed by atoms with Gasteiger partial charge >= 0.3 is 5.97 Å². The molecule has 8 nitrogen and oxygen atoms in total. The second-order valence-electron chi connectivity index (χ2n) is 8.36. The molecule has 1 amide bonds. The molecule has 0 unspecified atom stereocenters. The van der Waals surface area contributed by atoms with E-state index in [-0.39, 0.29) is 33.9 Å². The number of phenols is 1. The van der Waals surface area contributed by atoms with Crippen LogP contribution in [0.1, 0.15) is 31.1 Å². The van der Waals surface area contributed by atoms with E-state index in [2.05, 4.69) is 4.98 Å². The summed E-state index contributed by atoms with van der Waals surface area (Å²) in [6.45, 7) is 0. The highest BCUT2D eigenvalue weighted by Gasteiger charge is 2.21. The summed E-state index contributed by atoms with van der Waals surface area (Å²) in [5.74, 6) is -1.73. The number of rotatable bonds is 6. The number of anilines is 1. The van der Waals surface area contributed by atoms with Crippen molar-refractivity contribution in [2.75, 3.05) is 11.9 Å². The molecule has 0 aliphatic heterocycles. The Morgan fingerprint density at radius 1 is 0.919 bits per heavy atom. The maximum atomic E-state index is 13.2. The monoisotopic (exact) mass is 492 g/mol. The fourth-order valence-electron chi connectivity index (χ4n) is 4.03. The second-order valence-corrected chi connectivity index (χ2v) is 8.36. The maximum absolute atomic E-state index is 13.2. The molecule has 1 heterocycles. The molecule has 182 valence electrons. The molecule has 5 rings (SSSR count). The summed E-state index contributed by atoms with van der Waals surface area (Å²) in [6.07, 6.45) is 0.497. The number of oxazole rings is 1. The SMILES string of the molecule is CN(C(=O)c1cc(C(=O)O)ccc1C=O)c1ccc(O)c(-c2nc3cc(-c4ccccc4)ccc3o2)c1. The Hall–Kier alpha value is -5.24. The first-order valence-corrected chi connectivity index (χ1v) is 11.3. The quantitative estimate of drug-likeness (QED) is 0.294. The molecule has 1 aromatic heterocycles. The highest BCUT2D eigenvalue weighted by atomic mass is 16.4. The molecule has 0 aliphatic carbocycles. The smallest absolute Gasteiger partial charge is 0.335 e. The first-order valence-electron chi connectivity index (χ1n) is 11.3. The minimum Gasteiger partial charge on any atom is -0.507 e. The van der Waals surface area contributed by atoms with Gasteiger partial charge in [-0.05, 0) is 53.6 Å². The van der Waals surface area contributed by atoms with Crippen molar-refractivity contribution in [1.82, 2.24) is 4.98 Å². The van der Waals surface area contributed by atoms with E-state index in [1.165, 1.54) is 42.3 Å². The van der Waals surface area contributed by atoms with Gasteiger partial charge in [0, 0.05) is 18.3 Å². The van der Waals surface area contributed by atoms with Gasteiger partial charge < -0.3 is 19.5 Å². The number of carbonyl (C=O) groups is 3. The van der Waals surface area contributed by atoms with Crippen molar-refractivity contribution in [1.29, 1.82) is 0 Å². The molecule has 2 N–H and O–H groups in total. The van der Waals surface area contributed by atoms with Gasteiger partial charge in [-0.2, -0.15) is 0 Å². The highest BCUT2D eigenvalue weighted by molar-refractivity contribution is 6.11. The predicted octanol–water partition coefficient (Wildman–Crippen LogP) is 5.65. The van der Waals surface area contributed by atoms with Crippen molar-refractivity contribution in [2.45, 2.75) is 0 Å². The molecule has 0 bridgehead atoms. The Morgan fingerprint density at radius 2 is 1.70 bits per heavy atom. The number of carbonyl (C=O) groups excluding carboxylic acids is 2. The zero-order chi connectivity index (χ0) is 26.1. The Morgan fingerprint density at radius 3 is 2.43 bits per heavy atom. The summed E-state index contributed by atoms with van der Waals surface area (Å²) in [5.41, 5.74) is 3.67. The Kier molecular flexibility index (Phi) is 5.99. The number of hydrogen-bond acceptors (Lipinski definition) is 6. The minimum absolute atomic E-state index is 0.0534. The Bertz CT molecular complexity index is 1670. The van der Waals surface area contributed by atoms with Gasteiger partial charge in [-0.1, -0.05) is 42.5 Å². The number of carboxylic acids is 1. The van der Waals surface area contributed by atoms with E-state index in [1.807, 2.05) is 42.5 Å². The first kappa shape index (κ1) is 23.5. The summed E-state index contributed by atoms with van der Waals surface area (Å²) in [6, 6.07) is 23.6. The van der Waals surface area contributed by atoms with E-state index in [9.17, 15) is 24.6 Å². The van der Waals surface area contributed by atoms with Gasteiger partial charge in [-0.15, -0.1) is 0 Å². The van der Waals surface area contributed by atoms with E-state index < -0.39 is 11.9 Å². The van der Waals surface area contributed by atoms with Crippen molar-refractivity contribution >= 4 is 34.9 Å². The molecule has 0 fully saturated rings. The zero-order valence-electron chi connectivity index (χ0n) is 19.6. The van der Waals surface area contributed by atoms with Gasteiger partial charge in [0.25, 0.3) is 5.91 Å². The topological polar surface area (TPSA) is 121 Å². The number of aldehydes is 1. The maximum Gasteiger partial charge on any atom is 0.335 e. The predicted molar refractivity (Wildman–Crippen MR) is 138 cm³/mol. The number of phenolic OH excluding ortho intramolecular Hbond substituents is 1. The molecule has 0 radical (unpaired) electrons. The fourth-order valence-corrected chi connectivity index (χ4v) is 4.03. The summed E-state index contributed by atoms with van der Waals surface area (Å²) in [4.78, 5) is 41.9. The normalized spacial score (nSPS) is 10.8. The Labute approximate surface area is 211 Å². The molecule has 0 atom stereocenters. The number of amides is 1. The number of aromatic hydroxyl groups is 1. The van der Waals surface area contributed by atoms with E-state index >= 15 is 0 Å².